The number of thioether (sulfide) groups is 1. The summed E-state index contributed by atoms with van der Waals surface area (Å²) < 4.78 is 1.74. The first kappa shape index (κ1) is 15.4. The van der Waals surface area contributed by atoms with Crippen LogP contribution in [0.3, 0.4) is 0 Å². The molecule has 1 aliphatic heterocycles. The molecule has 1 aromatic carbocycles. The molecule has 1 aliphatic rings. The lowest BCUT2D eigenvalue weighted by Crippen LogP contribution is -2.33. The van der Waals surface area contributed by atoms with Crippen molar-refractivity contribution in [2.75, 3.05) is 5.75 Å². The minimum Gasteiger partial charge on any atom is -0.348 e. The zero-order chi connectivity index (χ0) is 15.7. The Bertz CT molecular complexity index is 713. The minimum atomic E-state index is -0.0194. The third kappa shape index (κ3) is 3.31. The van der Waals surface area contributed by atoms with Crippen LogP contribution in [0.2, 0.25) is 5.02 Å². The van der Waals surface area contributed by atoms with E-state index in [2.05, 4.69) is 10.4 Å². The molecule has 1 N–H and O–H groups in total. The van der Waals surface area contributed by atoms with Gasteiger partial charge in [0.2, 0.25) is 5.91 Å². The van der Waals surface area contributed by atoms with Gasteiger partial charge in [-0.15, -0.1) is 11.8 Å². The topological polar surface area (TPSA) is 46.9 Å². The number of amides is 1. The molecule has 1 aromatic heterocycles. The number of aromatic nitrogens is 2. The first-order valence-corrected chi connectivity index (χ1v) is 8.62. The highest BCUT2D eigenvalue weighted by molar-refractivity contribution is 7.99. The Morgan fingerprint density at radius 1 is 1.45 bits per heavy atom. The molecule has 3 rings (SSSR count). The summed E-state index contributed by atoms with van der Waals surface area (Å²) in [6.07, 6.45) is 0.918. The van der Waals surface area contributed by atoms with Gasteiger partial charge >= 0.3 is 0 Å². The zero-order valence-electron chi connectivity index (χ0n) is 12.6. The van der Waals surface area contributed by atoms with Crippen molar-refractivity contribution in [3.05, 3.63) is 46.2 Å². The van der Waals surface area contributed by atoms with Gasteiger partial charge in [0, 0.05) is 21.4 Å². The lowest BCUT2D eigenvalue weighted by molar-refractivity contribution is -0.122. The Morgan fingerprint density at radius 3 is 3.00 bits per heavy atom. The zero-order valence-corrected chi connectivity index (χ0v) is 14.2. The van der Waals surface area contributed by atoms with Crippen molar-refractivity contribution in [1.29, 1.82) is 0 Å². The molecule has 22 heavy (non-hydrogen) atoms. The maximum absolute atomic E-state index is 12.3. The molecule has 1 atom stereocenters. The van der Waals surface area contributed by atoms with Crippen molar-refractivity contribution in [1.82, 2.24) is 15.1 Å². The third-order valence-electron chi connectivity index (χ3n) is 3.74. The van der Waals surface area contributed by atoms with E-state index in [1.807, 2.05) is 49.9 Å². The second kappa shape index (κ2) is 6.34. The number of carbonyl (C=O) groups is 1. The van der Waals surface area contributed by atoms with Gasteiger partial charge < -0.3 is 5.32 Å². The van der Waals surface area contributed by atoms with Crippen LogP contribution in [0, 0.1) is 13.8 Å². The van der Waals surface area contributed by atoms with Crippen LogP contribution in [0.15, 0.2) is 29.2 Å². The second-order valence-corrected chi connectivity index (χ2v) is 7.10. The molecule has 0 bridgehead atoms. The standard InChI is InChI=1S/C16H18ClN3OS/c1-10-7-11(2)20(19-10)9-16(21)18-14-5-6-22-15-4-3-12(17)8-13(14)15/h3-4,7-8,14H,5-6,9H2,1-2H3,(H,18,21). The highest BCUT2D eigenvalue weighted by Crippen LogP contribution is 2.37. The summed E-state index contributed by atoms with van der Waals surface area (Å²) >= 11 is 7.91. The molecule has 0 saturated carbocycles. The van der Waals surface area contributed by atoms with E-state index in [1.165, 1.54) is 4.90 Å². The smallest absolute Gasteiger partial charge is 0.242 e. The number of hydrogen-bond donors (Lipinski definition) is 1. The van der Waals surface area contributed by atoms with E-state index >= 15 is 0 Å². The van der Waals surface area contributed by atoms with Crippen molar-refractivity contribution < 1.29 is 4.79 Å². The number of aryl methyl sites for hydroxylation is 2. The molecule has 1 unspecified atom stereocenters. The van der Waals surface area contributed by atoms with Gasteiger partial charge in [0.05, 0.1) is 11.7 Å². The third-order valence-corrected chi connectivity index (χ3v) is 5.10. The van der Waals surface area contributed by atoms with E-state index in [0.29, 0.717) is 5.02 Å². The average molecular weight is 336 g/mol. The number of hydrogen-bond acceptors (Lipinski definition) is 3. The molecule has 2 aromatic rings. The van der Waals surface area contributed by atoms with Crippen molar-refractivity contribution in [2.45, 2.75) is 37.8 Å². The maximum atomic E-state index is 12.3. The number of benzene rings is 1. The predicted octanol–water partition coefficient (Wildman–Crippen LogP) is 3.51. The van der Waals surface area contributed by atoms with Crippen molar-refractivity contribution in [2.24, 2.45) is 0 Å². The van der Waals surface area contributed by atoms with E-state index in [-0.39, 0.29) is 18.5 Å². The Balaban J connectivity index is 1.73. The summed E-state index contributed by atoms with van der Waals surface area (Å²) in [6.45, 7) is 4.14. The van der Waals surface area contributed by atoms with Gasteiger partial charge in [-0.1, -0.05) is 11.6 Å². The molecule has 6 heteroatoms. The number of rotatable bonds is 3. The minimum absolute atomic E-state index is 0.0194. The lowest BCUT2D eigenvalue weighted by atomic mass is 10.0. The van der Waals surface area contributed by atoms with E-state index in [9.17, 15) is 4.79 Å². The van der Waals surface area contributed by atoms with Crippen LogP contribution in [-0.2, 0) is 11.3 Å². The Kier molecular flexibility index (Phi) is 4.45. The number of nitrogens with one attached hydrogen (secondary N) is 1. The van der Waals surface area contributed by atoms with E-state index in [4.69, 9.17) is 11.6 Å². The summed E-state index contributed by atoms with van der Waals surface area (Å²) in [5.74, 6) is 0.980. The van der Waals surface area contributed by atoms with Crippen LogP contribution in [0.5, 0.6) is 0 Å². The van der Waals surface area contributed by atoms with E-state index < -0.39 is 0 Å². The summed E-state index contributed by atoms with van der Waals surface area (Å²) in [5, 5.41) is 8.16. The lowest BCUT2D eigenvalue weighted by Gasteiger charge is -2.26. The SMILES string of the molecule is Cc1cc(C)n(CC(=O)NC2CCSc3ccc(Cl)cc32)n1. The van der Waals surface area contributed by atoms with Crippen LogP contribution in [0.1, 0.15) is 29.4 Å². The van der Waals surface area contributed by atoms with Crippen LogP contribution < -0.4 is 5.32 Å². The maximum Gasteiger partial charge on any atom is 0.242 e. The normalized spacial score (nSPS) is 17.1. The first-order chi connectivity index (χ1) is 10.5. The van der Waals surface area contributed by atoms with Crippen LogP contribution >= 0.6 is 23.4 Å². The van der Waals surface area contributed by atoms with Gasteiger partial charge in [-0.3, -0.25) is 9.48 Å². The monoisotopic (exact) mass is 335 g/mol. The van der Waals surface area contributed by atoms with Gasteiger partial charge in [0.25, 0.3) is 0 Å². The number of carbonyl (C=O) groups excluding carboxylic acids is 1. The van der Waals surface area contributed by atoms with Gasteiger partial charge in [-0.25, -0.2) is 0 Å². The molecule has 1 amide bonds. The predicted molar refractivity (Wildman–Crippen MR) is 89.4 cm³/mol. The fourth-order valence-electron chi connectivity index (χ4n) is 2.73. The summed E-state index contributed by atoms with van der Waals surface area (Å²) in [6, 6.07) is 7.88. The second-order valence-electron chi connectivity index (χ2n) is 5.52. The summed E-state index contributed by atoms with van der Waals surface area (Å²) in [7, 11) is 0. The van der Waals surface area contributed by atoms with Crippen molar-refractivity contribution in [3.63, 3.8) is 0 Å². The molecule has 0 aliphatic carbocycles. The van der Waals surface area contributed by atoms with Gasteiger partial charge in [0.1, 0.15) is 6.54 Å². The van der Waals surface area contributed by atoms with Gasteiger partial charge in [-0.05, 0) is 50.1 Å². The Hall–Kier alpha value is -1.46. The van der Waals surface area contributed by atoms with Crippen LogP contribution in [0.4, 0.5) is 0 Å². The highest BCUT2D eigenvalue weighted by atomic mass is 35.5. The fourth-order valence-corrected chi connectivity index (χ4v) is 4.01. The average Bonchev–Trinajstić information content (AvgIpc) is 2.77. The molecule has 2 heterocycles. The van der Waals surface area contributed by atoms with Gasteiger partial charge in [0.15, 0.2) is 0 Å². The van der Waals surface area contributed by atoms with Crippen LogP contribution in [0.25, 0.3) is 0 Å². The molecule has 116 valence electrons. The van der Waals surface area contributed by atoms with Gasteiger partial charge in [-0.2, -0.15) is 5.10 Å². The first-order valence-electron chi connectivity index (χ1n) is 7.25. The molecule has 4 nitrogen and oxygen atoms in total. The number of halogens is 1. The van der Waals surface area contributed by atoms with Crippen molar-refractivity contribution >= 4 is 29.3 Å². The van der Waals surface area contributed by atoms with E-state index in [1.54, 1.807) is 4.68 Å². The Morgan fingerprint density at radius 2 is 2.27 bits per heavy atom. The number of fused-ring (bicyclic) bond motifs is 1. The molecule has 0 fully saturated rings. The van der Waals surface area contributed by atoms with E-state index in [0.717, 1.165) is 29.1 Å². The quantitative estimate of drug-likeness (QED) is 0.933. The molecule has 0 spiro atoms. The van der Waals surface area contributed by atoms with Crippen LogP contribution in [-0.4, -0.2) is 21.4 Å². The molecule has 0 saturated heterocycles. The summed E-state index contributed by atoms with van der Waals surface area (Å²) in [4.78, 5) is 13.5. The molecule has 0 radical (unpaired) electrons. The molecular formula is C16H18ClN3OS. The van der Waals surface area contributed by atoms with Crippen molar-refractivity contribution in [3.8, 4) is 0 Å². The Labute approximate surface area is 139 Å². The highest BCUT2D eigenvalue weighted by Gasteiger charge is 2.23. The summed E-state index contributed by atoms with van der Waals surface area (Å²) in [5.41, 5.74) is 3.04. The fraction of sp³-hybridized carbons (Fsp3) is 0.375. The number of nitrogens with zero attached hydrogens (tertiary/aromatic N) is 2. The molecular weight excluding hydrogens is 318 g/mol. The largest absolute Gasteiger partial charge is 0.348 e.